The first-order chi connectivity index (χ1) is 12.2. The van der Waals surface area contributed by atoms with Crippen molar-refractivity contribution < 1.29 is 4.74 Å². The van der Waals surface area contributed by atoms with E-state index in [-0.39, 0.29) is 0 Å². The molecule has 2 aromatic rings. The molecule has 2 aliphatic rings. The summed E-state index contributed by atoms with van der Waals surface area (Å²) in [7, 11) is 0. The van der Waals surface area contributed by atoms with E-state index in [9.17, 15) is 0 Å². The summed E-state index contributed by atoms with van der Waals surface area (Å²) in [6.07, 6.45) is 5.08. The van der Waals surface area contributed by atoms with Crippen molar-refractivity contribution in [1.29, 1.82) is 0 Å². The third kappa shape index (κ3) is 4.75. The molecule has 2 saturated carbocycles. The Balaban J connectivity index is 1.09. The van der Waals surface area contributed by atoms with Crippen LogP contribution < -0.4 is 0 Å². The maximum atomic E-state index is 5.93. The molecule has 4 unspecified atom stereocenters. The van der Waals surface area contributed by atoms with Crippen molar-refractivity contribution in [2.45, 2.75) is 37.5 Å². The van der Waals surface area contributed by atoms with E-state index in [1.54, 1.807) is 0 Å². The molecule has 0 aromatic heterocycles. The van der Waals surface area contributed by atoms with E-state index in [0.29, 0.717) is 0 Å². The summed E-state index contributed by atoms with van der Waals surface area (Å²) in [5.41, 5.74) is 2.98. The van der Waals surface area contributed by atoms with Crippen LogP contribution >= 0.6 is 31.9 Å². The first-order valence-corrected chi connectivity index (χ1v) is 10.9. The topological polar surface area (TPSA) is 9.23 Å². The van der Waals surface area contributed by atoms with Gasteiger partial charge in [-0.2, -0.15) is 0 Å². The Morgan fingerprint density at radius 1 is 0.680 bits per heavy atom. The summed E-state index contributed by atoms with van der Waals surface area (Å²) in [6, 6.07) is 17.6. The highest BCUT2D eigenvalue weighted by atomic mass is 79.9. The van der Waals surface area contributed by atoms with Gasteiger partial charge in [-0.15, -0.1) is 0 Å². The summed E-state index contributed by atoms with van der Waals surface area (Å²) in [5, 5.41) is 0. The van der Waals surface area contributed by atoms with Gasteiger partial charge in [-0.1, -0.05) is 56.1 Å². The van der Waals surface area contributed by atoms with Gasteiger partial charge in [0.1, 0.15) is 0 Å². The van der Waals surface area contributed by atoms with Gasteiger partial charge >= 0.3 is 0 Å². The Kier molecular flexibility index (Phi) is 5.64. The molecule has 0 radical (unpaired) electrons. The molecule has 4 atom stereocenters. The summed E-state index contributed by atoms with van der Waals surface area (Å²) < 4.78 is 8.26. The van der Waals surface area contributed by atoms with E-state index < -0.39 is 0 Å². The van der Waals surface area contributed by atoms with Crippen LogP contribution in [0.25, 0.3) is 0 Å². The number of hydrogen-bond acceptors (Lipinski definition) is 1. The van der Waals surface area contributed by atoms with Crippen LogP contribution in [-0.4, -0.2) is 13.2 Å². The van der Waals surface area contributed by atoms with Gasteiger partial charge in [0, 0.05) is 22.2 Å². The normalized spacial score (nSPS) is 27.3. The van der Waals surface area contributed by atoms with Crippen LogP contribution in [0.2, 0.25) is 0 Å². The van der Waals surface area contributed by atoms with Gasteiger partial charge < -0.3 is 4.74 Å². The Labute approximate surface area is 167 Å². The van der Waals surface area contributed by atoms with Gasteiger partial charge in [-0.25, -0.2) is 0 Å². The molecule has 2 aromatic carbocycles. The predicted molar refractivity (Wildman–Crippen MR) is 110 cm³/mol. The van der Waals surface area contributed by atoms with Crippen LogP contribution in [0.3, 0.4) is 0 Å². The summed E-state index contributed by atoms with van der Waals surface area (Å²) in [5.74, 6) is 3.19. The molecule has 0 bridgehead atoms. The third-order valence-electron chi connectivity index (χ3n) is 5.71. The molecule has 0 amide bonds. The van der Waals surface area contributed by atoms with Crippen molar-refractivity contribution in [3.8, 4) is 0 Å². The van der Waals surface area contributed by atoms with E-state index >= 15 is 0 Å². The van der Waals surface area contributed by atoms with Crippen LogP contribution in [0.4, 0.5) is 0 Å². The SMILES string of the molecule is Brc1ccc(C2CC2CCOCCC2CC2c2ccc(Br)cc2)cc1. The fourth-order valence-corrected chi connectivity index (χ4v) is 4.47. The molecule has 2 aliphatic carbocycles. The molecule has 0 aliphatic heterocycles. The second-order valence-corrected chi connectivity index (χ2v) is 9.33. The average Bonchev–Trinajstić information content (AvgIpc) is 3.52. The number of rotatable bonds is 8. The van der Waals surface area contributed by atoms with Crippen molar-refractivity contribution in [1.82, 2.24) is 0 Å². The fourth-order valence-electron chi connectivity index (χ4n) is 3.94. The van der Waals surface area contributed by atoms with E-state index in [4.69, 9.17) is 4.74 Å². The summed E-state index contributed by atoms with van der Waals surface area (Å²) in [6.45, 7) is 1.85. The first-order valence-electron chi connectivity index (χ1n) is 9.29. The molecule has 0 N–H and O–H groups in total. The lowest BCUT2D eigenvalue weighted by Crippen LogP contribution is -2.00. The van der Waals surface area contributed by atoms with E-state index in [1.807, 2.05) is 0 Å². The molecule has 2 fully saturated rings. The first kappa shape index (κ1) is 17.8. The van der Waals surface area contributed by atoms with Crippen LogP contribution in [0.1, 0.15) is 48.6 Å². The minimum absolute atomic E-state index is 0.766. The van der Waals surface area contributed by atoms with Crippen LogP contribution in [0.15, 0.2) is 57.5 Å². The van der Waals surface area contributed by atoms with Gasteiger partial charge in [-0.3, -0.25) is 0 Å². The minimum atomic E-state index is 0.766. The standard InChI is InChI=1S/C22H24Br2O/c23-19-5-1-15(2-6-19)21-13-17(21)9-11-25-12-10-18-14-22(18)16-3-7-20(24)8-4-16/h1-8,17-18,21-22H,9-14H2. The zero-order valence-corrected chi connectivity index (χ0v) is 17.5. The zero-order chi connectivity index (χ0) is 17.2. The minimum Gasteiger partial charge on any atom is -0.381 e. The number of benzene rings is 2. The maximum absolute atomic E-state index is 5.93. The molecule has 3 heteroatoms. The van der Waals surface area contributed by atoms with Gasteiger partial charge in [0.2, 0.25) is 0 Å². The smallest absolute Gasteiger partial charge is 0.0468 e. The molecule has 132 valence electrons. The highest BCUT2D eigenvalue weighted by Crippen LogP contribution is 2.50. The Morgan fingerprint density at radius 3 is 1.48 bits per heavy atom. The predicted octanol–water partition coefficient (Wildman–Crippen LogP) is 6.92. The van der Waals surface area contributed by atoms with Gasteiger partial charge in [0.25, 0.3) is 0 Å². The van der Waals surface area contributed by atoms with Gasteiger partial charge in [-0.05, 0) is 84.7 Å². The van der Waals surface area contributed by atoms with Crippen LogP contribution in [-0.2, 0) is 4.74 Å². The summed E-state index contributed by atoms with van der Waals surface area (Å²) in [4.78, 5) is 0. The molecule has 1 nitrogen and oxygen atoms in total. The lowest BCUT2D eigenvalue weighted by molar-refractivity contribution is 0.121. The highest BCUT2D eigenvalue weighted by Gasteiger charge is 2.38. The third-order valence-corrected chi connectivity index (χ3v) is 6.76. The number of hydrogen-bond donors (Lipinski definition) is 0. The molecule has 25 heavy (non-hydrogen) atoms. The van der Waals surface area contributed by atoms with E-state index in [2.05, 4.69) is 80.4 Å². The Bertz CT molecular complexity index is 633. The van der Waals surface area contributed by atoms with Crippen molar-refractivity contribution in [3.05, 3.63) is 68.6 Å². The molecule has 0 heterocycles. The largest absolute Gasteiger partial charge is 0.381 e. The quantitative estimate of drug-likeness (QED) is 0.386. The van der Waals surface area contributed by atoms with Crippen molar-refractivity contribution >= 4 is 31.9 Å². The molecular weight excluding hydrogens is 440 g/mol. The van der Waals surface area contributed by atoms with Crippen molar-refractivity contribution in [3.63, 3.8) is 0 Å². The van der Waals surface area contributed by atoms with Crippen molar-refractivity contribution in [2.24, 2.45) is 11.8 Å². The van der Waals surface area contributed by atoms with Crippen molar-refractivity contribution in [2.75, 3.05) is 13.2 Å². The lowest BCUT2D eigenvalue weighted by atomic mass is 10.1. The lowest BCUT2D eigenvalue weighted by Gasteiger charge is -2.05. The monoisotopic (exact) mass is 462 g/mol. The van der Waals surface area contributed by atoms with Crippen LogP contribution in [0.5, 0.6) is 0 Å². The Hall–Kier alpha value is -0.640. The zero-order valence-electron chi connectivity index (χ0n) is 14.3. The molecule has 0 spiro atoms. The number of ether oxygens (including phenoxy) is 1. The maximum Gasteiger partial charge on any atom is 0.0468 e. The van der Waals surface area contributed by atoms with Gasteiger partial charge in [0.05, 0.1) is 0 Å². The number of halogens is 2. The summed E-state index contributed by atoms with van der Waals surface area (Å²) >= 11 is 7.01. The van der Waals surface area contributed by atoms with Gasteiger partial charge in [0.15, 0.2) is 0 Å². The second kappa shape index (κ2) is 7.94. The molecule has 0 saturated heterocycles. The Morgan fingerprint density at radius 2 is 1.08 bits per heavy atom. The van der Waals surface area contributed by atoms with E-state index in [1.165, 1.54) is 45.8 Å². The highest BCUT2D eigenvalue weighted by molar-refractivity contribution is 9.10. The fraction of sp³-hybridized carbons (Fsp3) is 0.455. The second-order valence-electron chi connectivity index (χ2n) is 7.50. The van der Waals surface area contributed by atoms with Crippen LogP contribution in [0, 0.1) is 11.8 Å². The van der Waals surface area contributed by atoms with E-state index in [0.717, 1.165) is 36.9 Å². The molecular formula is C22H24Br2O. The average molecular weight is 464 g/mol. The molecule has 4 rings (SSSR count).